The summed E-state index contributed by atoms with van der Waals surface area (Å²) in [4.78, 5) is 35.3. The summed E-state index contributed by atoms with van der Waals surface area (Å²) in [6.07, 6.45) is 0.0324. The molecule has 4 N–H and O–H groups in total. The lowest BCUT2D eigenvalue weighted by molar-refractivity contribution is -0.145. The summed E-state index contributed by atoms with van der Waals surface area (Å²) in [6.45, 7) is 2.87. The van der Waals surface area contributed by atoms with Gasteiger partial charge in [0, 0.05) is 10.6 Å². The average Bonchev–Trinajstić information content (AvgIpc) is 2.73. The summed E-state index contributed by atoms with van der Waals surface area (Å²) in [5, 5.41) is 12.3. The fraction of sp³-hybridized carbons (Fsp3) is 0.160. The number of halogens is 1. The molecule has 0 aliphatic rings. The van der Waals surface area contributed by atoms with Crippen molar-refractivity contribution >= 4 is 29.4 Å². The van der Waals surface area contributed by atoms with E-state index in [1.54, 1.807) is 30.3 Å². The molecule has 0 spiro atoms. The first-order valence-electron chi connectivity index (χ1n) is 9.90. The summed E-state index contributed by atoms with van der Waals surface area (Å²) < 4.78 is 0. The van der Waals surface area contributed by atoms with Crippen molar-refractivity contribution in [3.05, 3.63) is 82.9 Å². The van der Waals surface area contributed by atoms with E-state index in [2.05, 4.69) is 5.32 Å². The Morgan fingerprint density at radius 3 is 2.25 bits per heavy atom. The lowest BCUT2D eigenvalue weighted by Crippen LogP contribution is -2.50. The minimum absolute atomic E-state index is 0.0324. The van der Waals surface area contributed by atoms with Gasteiger partial charge in [0.25, 0.3) is 0 Å². The van der Waals surface area contributed by atoms with Crippen molar-refractivity contribution in [2.75, 3.05) is 0 Å². The highest BCUT2D eigenvalue weighted by atomic mass is 35.5. The smallest absolute Gasteiger partial charge is 0.328 e. The molecule has 164 valence electrons. The molecule has 0 unspecified atom stereocenters. The molecule has 6 nitrogen and oxygen atoms in total. The van der Waals surface area contributed by atoms with Crippen LogP contribution in [0, 0.1) is 0 Å². The molecule has 3 aromatic rings. The second-order valence-electron chi connectivity index (χ2n) is 7.99. The topological polar surface area (TPSA) is 109 Å². The van der Waals surface area contributed by atoms with Gasteiger partial charge in [0.05, 0.1) is 6.42 Å². The van der Waals surface area contributed by atoms with Crippen LogP contribution in [-0.4, -0.2) is 28.4 Å². The first kappa shape index (κ1) is 23.0. The first-order valence-corrected chi connectivity index (χ1v) is 10.3. The molecule has 0 heterocycles. The number of hydrogen-bond acceptors (Lipinski definition) is 3. The molecule has 0 saturated carbocycles. The van der Waals surface area contributed by atoms with Crippen LogP contribution in [0.4, 0.5) is 0 Å². The second kappa shape index (κ2) is 9.24. The predicted octanol–water partition coefficient (Wildman–Crippen LogP) is 4.29. The van der Waals surface area contributed by atoms with Crippen molar-refractivity contribution in [2.45, 2.75) is 25.8 Å². The maximum absolute atomic E-state index is 12.4. The van der Waals surface area contributed by atoms with Gasteiger partial charge in [0.2, 0.25) is 11.8 Å². The molecule has 0 aromatic heterocycles. The zero-order valence-electron chi connectivity index (χ0n) is 17.7. The Morgan fingerprint density at radius 1 is 0.938 bits per heavy atom. The van der Waals surface area contributed by atoms with Gasteiger partial charge in [-0.25, -0.2) is 4.79 Å². The average molecular weight is 451 g/mol. The molecule has 0 aliphatic heterocycles. The highest BCUT2D eigenvalue weighted by Crippen LogP contribution is 2.35. The van der Waals surface area contributed by atoms with E-state index in [1.807, 2.05) is 36.4 Å². The van der Waals surface area contributed by atoms with E-state index >= 15 is 0 Å². The lowest BCUT2D eigenvalue weighted by atomic mass is 9.92. The van der Waals surface area contributed by atoms with E-state index in [9.17, 15) is 19.5 Å². The zero-order chi connectivity index (χ0) is 23.5. The number of carboxylic acids is 1. The number of amides is 2. The Bertz CT molecular complexity index is 1200. The summed E-state index contributed by atoms with van der Waals surface area (Å²) in [5.41, 5.74) is 8.50. The van der Waals surface area contributed by atoms with Gasteiger partial charge in [-0.2, -0.15) is 0 Å². The maximum Gasteiger partial charge on any atom is 0.328 e. The Morgan fingerprint density at radius 2 is 1.59 bits per heavy atom. The van der Waals surface area contributed by atoms with Crippen LogP contribution in [0.2, 0.25) is 5.02 Å². The van der Waals surface area contributed by atoms with Crippen LogP contribution < -0.4 is 11.1 Å². The Hall–Kier alpha value is -3.64. The summed E-state index contributed by atoms with van der Waals surface area (Å²) in [7, 11) is 0. The number of benzene rings is 3. The molecule has 0 fully saturated rings. The number of nitrogens with two attached hydrogens (primary N) is 1. The number of nitrogens with one attached hydrogen (secondary N) is 1. The van der Waals surface area contributed by atoms with Crippen LogP contribution in [0.1, 0.15) is 29.8 Å². The van der Waals surface area contributed by atoms with Crippen molar-refractivity contribution in [1.29, 1.82) is 0 Å². The number of rotatable bonds is 7. The fourth-order valence-electron chi connectivity index (χ4n) is 3.33. The molecule has 32 heavy (non-hydrogen) atoms. The van der Waals surface area contributed by atoms with Crippen LogP contribution in [0.5, 0.6) is 0 Å². The van der Waals surface area contributed by atoms with Crippen molar-refractivity contribution in [3.8, 4) is 22.3 Å². The van der Waals surface area contributed by atoms with Crippen LogP contribution in [0.25, 0.3) is 22.3 Å². The molecule has 3 aromatic carbocycles. The van der Waals surface area contributed by atoms with Gasteiger partial charge in [-0.05, 0) is 65.9 Å². The minimum atomic E-state index is -1.36. The van der Waals surface area contributed by atoms with Gasteiger partial charge in [-0.1, -0.05) is 54.1 Å². The Balaban J connectivity index is 1.96. The third kappa shape index (κ3) is 5.34. The van der Waals surface area contributed by atoms with E-state index < -0.39 is 17.4 Å². The zero-order valence-corrected chi connectivity index (χ0v) is 18.4. The third-order valence-electron chi connectivity index (χ3n) is 5.03. The SMILES string of the molecule is CC(C)(NC(=O)Cc1cccc(-c2ccc(Cl)cc2-c2cccc(C(N)=O)c2)c1)C(=O)O. The van der Waals surface area contributed by atoms with Crippen molar-refractivity contribution < 1.29 is 19.5 Å². The van der Waals surface area contributed by atoms with Gasteiger partial charge < -0.3 is 16.2 Å². The summed E-state index contributed by atoms with van der Waals surface area (Å²) in [6, 6.07) is 19.9. The summed E-state index contributed by atoms with van der Waals surface area (Å²) in [5.74, 6) is -2.02. The maximum atomic E-state index is 12.4. The molecule has 2 amide bonds. The van der Waals surface area contributed by atoms with Crippen LogP contribution in [0.3, 0.4) is 0 Å². The van der Waals surface area contributed by atoms with Gasteiger partial charge >= 0.3 is 5.97 Å². The van der Waals surface area contributed by atoms with Gasteiger partial charge in [0.15, 0.2) is 0 Å². The minimum Gasteiger partial charge on any atom is -0.480 e. The number of carboxylic acid groups (broad SMARTS) is 1. The number of aliphatic carboxylic acids is 1. The van der Waals surface area contributed by atoms with Crippen LogP contribution >= 0.6 is 11.6 Å². The standard InChI is InChI=1S/C25H23ClN2O4/c1-25(2,24(31)32)28-22(29)12-15-5-3-6-16(11-15)20-10-9-19(26)14-21(20)17-7-4-8-18(13-17)23(27)30/h3-11,13-14H,12H2,1-2H3,(H2,27,30)(H,28,29)(H,31,32). The number of carbonyl (C=O) groups is 3. The van der Waals surface area contributed by atoms with E-state index in [0.717, 1.165) is 27.8 Å². The van der Waals surface area contributed by atoms with E-state index in [4.69, 9.17) is 17.3 Å². The molecular weight excluding hydrogens is 428 g/mol. The molecule has 0 radical (unpaired) electrons. The van der Waals surface area contributed by atoms with E-state index in [0.29, 0.717) is 10.6 Å². The lowest BCUT2D eigenvalue weighted by Gasteiger charge is -2.21. The van der Waals surface area contributed by atoms with Crippen molar-refractivity contribution in [2.24, 2.45) is 5.73 Å². The molecular formula is C25H23ClN2O4. The molecule has 3 rings (SSSR count). The third-order valence-corrected chi connectivity index (χ3v) is 5.26. The Kier molecular flexibility index (Phi) is 6.65. The number of primary amides is 1. The van der Waals surface area contributed by atoms with Crippen LogP contribution in [0.15, 0.2) is 66.7 Å². The summed E-state index contributed by atoms with van der Waals surface area (Å²) >= 11 is 6.25. The second-order valence-corrected chi connectivity index (χ2v) is 8.43. The quantitative estimate of drug-likeness (QED) is 0.498. The molecule has 0 aliphatic carbocycles. The fourth-order valence-corrected chi connectivity index (χ4v) is 3.50. The van der Waals surface area contributed by atoms with Gasteiger partial charge in [-0.15, -0.1) is 0 Å². The molecule has 0 bridgehead atoms. The molecule has 0 saturated heterocycles. The van der Waals surface area contributed by atoms with Crippen molar-refractivity contribution in [3.63, 3.8) is 0 Å². The highest BCUT2D eigenvalue weighted by molar-refractivity contribution is 6.31. The largest absolute Gasteiger partial charge is 0.480 e. The normalized spacial score (nSPS) is 11.1. The van der Waals surface area contributed by atoms with Gasteiger partial charge in [0.1, 0.15) is 5.54 Å². The first-order chi connectivity index (χ1) is 15.1. The molecule has 7 heteroatoms. The van der Waals surface area contributed by atoms with E-state index in [1.165, 1.54) is 13.8 Å². The van der Waals surface area contributed by atoms with E-state index in [-0.39, 0.29) is 12.3 Å². The monoisotopic (exact) mass is 450 g/mol. The van der Waals surface area contributed by atoms with Crippen molar-refractivity contribution in [1.82, 2.24) is 5.32 Å². The number of carbonyl (C=O) groups excluding carboxylic acids is 2. The molecule has 0 atom stereocenters. The van der Waals surface area contributed by atoms with Crippen LogP contribution in [-0.2, 0) is 16.0 Å². The predicted molar refractivity (Wildman–Crippen MR) is 124 cm³/mol. The van der Waals surface area contributed by atoms with Gasteiger partial charge in [-0.3, -0.25) is 9.59 Å². The number of hydrogen-bond donors (Lipinski definition) is 3. The Labute approximate surface area is 191 Å². The highest BCUT2D eigenvalue weighted by Gasteiger charge is 2.28.